The fraction of sp³-hybridized carbons (Fsp3) is 0.700. The van der Waals surface area contributed by atoms with E-state index >= 15 is 0 Å². The Morgan fingerprint density at radius 2 is 2.27 bits per heavy atom. The van der Waals surface area contributed by atoms with Gasteiger partial charge < -0.3 is 10.1 Å². The highest BCUT2D eigenvalue weighted by Gasteiger charge is 2.13. The van der Waals surface area contributed by atoms with E-state index in [-0.39, 0.29) is 12.4 Å². The second-order valence-corrected chi connectivity index (χ2v) is 3.80. The average molecular weight is 232 g/mol. The van der Waals surface area contributed by atoms with Crippen LogP contribution in [0.2, 0.25) is 0 Å². The number of methoxy groups -OCH3 is 1. The largest absolute Gasteiger partial charge is 0.493 e. The minimum atomic E-state index is 0. The molecule has 2 rings (SSSR count). The van der Waals surface area contributed by atoms with Crippen LogP contribution < -0.4 is 10.1 Å². The molecule has 2 heterocycles. The minimum absolute atomic E-state index is 0. The maximum absolute atomic E-state index is 5.09. The van der Waals surface area contributed by atoms with E-state index in [4.69, 9.17) is 4.74 Å². The first kappa shape index (κ1) is 12.3. The lowest BCUT2D eigenvalue weighted by molar-refractivity contribution is 0.320. The topological polar surface area (TPSA) is 39.1 Å². The zero-order valence-electron chi connectivity index (χ0n) is 8.98. The van der Waals surface area contributed by atoms with E-state index in [2.05, 4.69) is 10.4 Å². The van der Waals surface area contributed by atoms with Crippen LogP contribution in [0.25, 0.3) is 0 Å². The Balaban J connectivity index is 0.00000112. The Morgan fingerprint density at radius 1 is 1.53 bits per heavy atom. The third kappa shape index (κ3) is 3.39. The zero-order chi connectivity index (χ0) is 9.80. The van der Waals surface area contributed by atoms with Gasteiger partial charge in [-0.25, -0.2) is 0 Å². The normalized spacial score (nSPS) is 17.1. The fourth-order valence-electron chi connectivity index (χ4n) is 1.88. The maximum atomic E-state index is 5.09. The van der Waals surface area contributed by atoms with E-state index in [9.17, 15) is 0 Å². The first-order chi connectivity index (χ1) is 6.88. The van der Waals surface area contributed by atoms with Crippen molar-refractivity contribution in [2.24, 2.45) is 5.92 Å². The van der Waals surface area contributed by atoms with Gasteiger partial charge in [-0.2, -0.15) is 5.10 Å². The first-order valence-corrected chi connectivity index (χ1v) is 5.15. The highest BCUT2D eigenvalue weighted by Crippen LogP contribution is 2.15. The predicted octanol–water partition coefficient (Wildman–Crippen LogP) is 1.31. The molecule has 1 aliphatic heterocycles. The number of aromatic nitrogens is 2. The summed E-state index contributed by atoms with van der Waals surface area (Å²) in [7, 11) is 1.67. The van der Waals surface area contributed by atoms with Crippen molar-refractivity contribution < 1.29 is 4.74 Å². The van der Waals surface area contributed by atoms with Gasteiger partial charge in [0.1, 0.15) is 0 Å². The van der Waals surface area contributed by atoms with Gasteiger partial charge in [-0.15, -0.1) is 12.4 Å². The molecule has 1 saturated heterocycles. The second kappa shape index (κ2) is 5.98. The van der Waals surface area contributed by atoms with Crippen LogP contribution in [-0.4, -0.2) is 30.0 Å². The smallest absolute Gasteiger partial charge is 0.156 e. The van der Waals surface area contributed by atoms with Crippen LogP contribution in [0, 0.1) is 5.92 Å². The molecule has 0 aliphatic carbocycles. The summed E-state index contributed by atoms with van der Waals surface area (Å²) < 4.78 is 7.07. The molecule has 1 N–H and O–H groups in total. The van der Waals surface area contributed by atoms with E-state index in [0.29, 0.717) is 0 Å². The van der Waals surface area contributed by atoms with Crippen molar-refractivity contribution >= 4 is 12.4 Å². The summed E-state index contributed by atoms with van der Waals surface area (Å²) in [6, 6.07) is 0. The third-order valence-electron chi connectivity index (χ3n) is 2.75. The van der Waals surface area contributed by atoms with E-state index in [1.807, 2.05) is 10.9 Å². The summed E-state index contributed by atoms with van der Waals surface area (Å²) in [6.45, 7) is 3.30. The number of ether oxygens (including phenoxy) is 1. The van der Waals surface area contributed by atoms with Crippen LogP contribution in [-0.2, 0) is 6.54 Å². The molecule has 0 radical (unpaired) electrons. The molecule has 0 unspecified atom stereocenters. The molecule has 0 aromatic carbocycles. The Labute approximate surface area is 96.4 Å². The molecule has 1 aromatic heterocycles. The molecule has 5 heteroatoms. The lowest BCUT2D eigenvalue weighted by atomic mass is 9.98. The molecule has 86 valence electrons. The van der Waals surface area contributed by atoms with E-state index in [1.54, 1.807) is 13.3 Å². The van der Waals surface area contributed by atoms with Gasteiger partial charge in [-0.1, -0.05) is 0 Å². The van der Waals surface area contributed by atoms with Crippen molar-refractivity contribution in [2.45, 2.75) is 19.4 Å². The van der Waals surface area contributed by atoms with Crippen LogP contribution in [0.15, 0.2) is 12.4 Å². The Hall–Kier alpha value is -0.740. The van der Waals surface area contributed by atoms with Crippen molar-refractivity contribution in [3.05, 3.63) is 12.4 Å². The van der Waals surface area contributed by atoms with Crippen molar-refractivity contribution in [3.8, 4) is 5.75 Å². The van der Waals surface area contributed by atoms with Gasteiger partial charge in [-0.3, -0.25) is 4.68 Å². The van der Waals surface area contributed by atoms with Crippen molar-refractivity contribution in [3.63, 3.8) is 0 Å². The first-order valence-electron chi connectivity index (χ1n) is 5.15. The number of nitrogens with one attached hydrogen (secondary N) is 1. The lowest BCUT2D eigenvalue weighted by Gasteiger charge is -2.22. The number of hydrogen-bond acceptors (Lipinski definition) is 3. The van der Waals surface area contributed by atoms with Crippen LogP contribution in [0.4, 0.5) is 0 Å². The molecule has 1 aliphatic rings. The molecule has 0 bridgehead atoms. The standard InChI is InChI=1S/C10H17N3O.ClH/c1-14-10-6-12-13(8-10)7-9-2-4-11-5-3-9;/h6,8-9,11H,2-5,7H2,1H3;1H. The van der Waals surface area contributed by atoms with Gasteiger partial charge in [0.2, 0.25) is 0 Å². The molecule has 4 nitrogen and oxygen atoms in total. The van der Waals surface area contributed by atoms with E-state index < -0.39 is 0 Å². The Kier molecular flexibility index (Phi) is 4.91. The molecule has 1 aromatic rings. The van der Waals surface area contributed by atoms with E-state index in [1.165, 1.54) is 12.8 Å². The van der Waals surface area contributed by atoms with Gasteiger partial charge in [0, 0.05) is 6.54 Å². The summed E-state index contributed by atoms with van der Waals surface area (Å²) in [5, 5.41) is 7.61. The number of rotatable bonds is 3. The van der Waals surface area contributed by atoms with Crippen molar-refractivity contribution in [1.82, 2.24) is 15.1 Å². The molecular weight excluding hydrogens is 214 g/mol. The van der Waals surface area contributed by atoms with Crippen molar-refractivity contribution in [2.75, 3.05) is 20.2 Å². The number of hydrogen-bond donors (Lipinski definition) is 1. The van der Waals surface area contributed by atoms with Gasteiger partial charge in [0.25, 0.3) is 0 Å². The number of piperidine rings is 1. The highest BCUT2D eigenvalue weighted by atomic mass is 35.5. The number of nitrogens with zero attached hydrogens (tertiary/aromatic N) is 2. The zero-order valence-corrected chi connectivity index (χ0v) is 9.80. The lowest BCUT2D eigenvalue weighted by Crippen LogP contribution is -2.29. The fourth-order valence-corrected chi connectivity index (χ4v) is 1.88. The molecular formula is C10H18ClN3O. The minimum Gasteiger partial charge on any atom is -0.493 e. The third-order valence-corrected chi connectivity index (χ3v) is 2.75. The van der Waals surface area contributed by atoms with Crippen LogP contribution >= 0.6 is 12.4 Å². The predicted molar refractivity (Wildman–Crippen MR) is 61.6 cm³/mol. The summed E-state index contributed by atoms with van der Waals surface area (Å²) in [5.74, 6) is 1.61. The molecule has 0 atom stereocenters. The average Bonchev–Trinajstić information content (AvgIpc) is 2.67. The Morgan fingerprint density at radius 3 is 2.87 bits per heavy atom. The summed E-state index contributed by atoms with van der Waals surface area (Å²) >= 11 is 0. The van der Waals surface area contributed by atoms with Crippen LogP contribution in [0.5, 0.6) is 5.75 Å². The summed E-state index contributed by atoms with van der Waals surface area (Å²) in [4.78, 5) is 0. The van der Waals surface area contributed by atoms with E-state index in [0.717, 1.165) is 31.3 Å². The molecule has 0 amide bonds. The van der Waals surface area contributed by atoms with Gasteiger partial charge >= 0.3 is 0 Å². The summed E-state index contributed by atoms with van der Waals surface area (Å²) in [6.07, 6.45) is 6.23. The highest BCUT2D eigenvalue weighted by molar-refractivity contribution is 5.85. The summed E-state index contributed by atoms with van der Waals surface area (Å²) in [5.41, 5.74) is 0. The van der Waals surface area contributed by atoms with Crippen molar-refractivity contribution in [1.29, 1.82) is 0 Å². The molecule has 15 heavy (non-hydrogen) atoms. The molecule has 1 fully saturated rings. The van der Waals surface area contributed by atoms with Crippen LogP contribution in [0.3, 0.4) is 0 Å². The van der Waals surface area contributed by atoms with Gasteiger partial charge in [0.05, 0.1) is 19.5 Å². The maximum Gasteiger partial charge on any atom is 0.156 e. The number of halogens is 1. The van der Waals surface area contributed by atoms with Gasteiger partial charge in [-0.05, 0) is 31.8 Å². The molecule has 0 saturated carbocycles. The monoisotopic (exact) mass is 231 g/mol. The SMILES string of the molecule is COc1cnn(CC2CCNCC2)c1.Cl. The quantitative estimate of drug-likeness (QED) is 0.853. The van der Waals surface area contributed by atoms with Crippen LogP contribution in [0.1, 0.15) is 12.8 Å². The van der Waals surface area contributed by atoms with Gasteiger partial charge in [0.15, 0.2) is 5.75 Å². The second-order valence-electron chi connectivity index (χ2n) is 3.80. The molecule has 0 spiro atoms. The Bertz CT molecular complexity index is 284.